The van der Waals surface area contributed by atoms with Gasteiger partial charge in [0.05, 0.1) is 0 Å². The minimum atomic E-state index is -1.04. The third-order valence-electron chi connectivity index (χ3n) is 2.43. The second-order valence-electron chi connectivity index (χ2n) is 3.83. The molecule has 0 heterocycles. The fourth-order valence-corrected chi connectivity index (χ4v) is 1.46. The van der Waals surface area contributed by atoms with Gasteiger partial charge in [-0.05, 0) is 30.7 Å². The number of aliphatic carboxylic acids is 1. The Hall–Kier alpha value is -2.08. The van der Waals surface area contributed by atoms with Crippen LogP contribution in [0.1, 0.15) is 13.3 Å². The molecule has 2 N–H and O–H groups in total. The van der Waals surface area contributed by atoms with Crippen molar-refractivity contribution in [1.82, 2.24) is 0 Å². The molecule has 6 heteroatoms. The van der Waals surface area contributed by atoms with Crippen LogP contribution in [0.25, 0.3) is 0 Å². The molecule has 0 saturated heterocycles. The first-order chi connectivity index (χ1) is 9.06. The van der Waals surface area contributed by atoms with Crippen molar-refractivity contribution < 1.29 is 24.2 Å². The van der Waals surface area contributed by atoms with Gasteiger partial charge in [0.1, 0.15) is 11.9 Å². The van der Waals surface area contributed by atoms with Crippen LogP contribution in [-0.2, 0) is 14.3 Å². The van der Waals surface area contributed by atoms with E-state index in [1.807, 2.05) is 6.92 Å². The maximum Gasteiger partial charge on any atom is 0.341 e. The van der Waals surface area contributed by atoms with E-state index in [4.69, 9.17) is 14.6 Å². The molecule has 1 aromatic carbocycles. The van der Waals surface area contributed by atoms with E-state index in [9.17, 15) is 9.59 Å². The van der Waals surface area contributed by atoms with Crippen LogP contribution in [0, 0.1) is 0 Å². The number of carbonyl (C=O) groups is 2. The second kappa shape index (κ2) is 7.38. The van der Waals surface area contributed by atoms with Gasteiger partial charge in [0, 0.05) is 12.8 Å². The summed E-state index contributed by atoms with van der Waals surface area (Å²) in [7, 11) is 1.48. The first-order valence-electron chi connectivity index (χ1n) is 5.85. The molecule has 0 aliphatic rings. The third kappa shape index (κ3) is 4.97. The van der Waals surface area contributed by atoms with Crippen molar-refractivity contribution in [2.24, 2.45) is 0 Å². The molecule has 0 radical (unpaired) electrons. The van der Waals surface area contributed by atoms with E-state index >= 15 is 0 Å². The van der Waals surface area contributed by atoms with Crippen molar-refractivity contribution in [3.8, 4) is 5.75 Å². The van der Waals surface area contributed by atoms with Crippen molar-refractivity contribution in [2.75, 3.05) is 19.0 Å². The third-order valence-corrected chi connectivity index (χ3v) is 2.43. The van der Waals surface area contributed by atoms with Crippen molar-refractivity contribution >= 4 is 17.6 Å². The maximum atomic E-state index is 11.7. The normalized spacial score (nSPS) is 11.7. The zero-order valence-corrected chi connectivity index (χ0v) is 10.9. The summed E-state index contributed by atoms with van der Waals surface area (Å²) >= 11 is 0. The number of rotatable bonds is 7. The van der Waals surface area contributed by atoms with Gasteiger partial charge < -0.3 is 19.9 Å². The monoisotopic (exact) mass is 267 g/mol. The quantitative estimate of drug-likeness (QED) is 0.782. The first-order valence-corrected chi connectivity index (χ1v) is 5.85. The van der Waals surface area contributed by atoms with Gasteiger partial charge in [-0.15, -0.1) is 0 Å². The van der Waals surface area contributed by atoms with Crippen LogP contribution in [0.15, 0.2) is 24.3 Å². The summed E-state index contributed by atoms with van der Waals surface area (Å²) in [4.78, 5) is 22.1. The van der Waals surface area contributed by atoms with E-state index in [0.29, 0.717) is 17.9 Å². The van der Waals surface area contributed by atoms with Crippen LogP contribution in [0.5, 0.6) is 5.75 Å². The van der Waals surface area contributed by atoms with Gasteiger partial charge in [-0.25, -0.2) is 4.79 Å². The molecule has 0 spiro atoms. The van der Waals surface area contributed by atoms with Gasteiger partial charge in [-0.2, -0.15) is 0 Å². The molecule has 0 aliphatic carbocycles. The van der Waals surface area contributed by atoms with Gasteiger partial charge in [-0.3, -0.25) is 4.79 Å². The number of benzene rings is 1. The van der Waals surface area contributed by atoms with Crippen molar-refractivity contribution in [2.45, 2.75) is 19.4 Å². The molecule has 1 unspecified atom stereocenters. The average molecular weight is 267 g/mol. The van der Waals surface area contributed by atoms with Crippen molar-refractivity contribution in [3.63, 3.8) is 0 Å². The molecule has 1 rings (SSSR count). The van der Waals surface area contributed by atoms with Gasteiger partial charge >= 0.3 is 5.97 Å². The number of carbonyl (C=O) groups excluding carboxylic acids is 1. The number of hydrogen-bond acceptors (Lipinski definition) is 4. The van der Waals surface area contributed by atoms with Gasteiger partial charge in [0.15, 0.2) is 6.61 Å². The Morgan fingerprint density at radius 1 is 1.32 bits per heavy atom. The molecule has 0 aromatic heterocycles. The van der Waals surface area contributed by atoms with E-state index in [1.54, 1.807) is 24.3 Å². The highest BCUT2D eigenvalue weighted by Gasteiger charge is 2.15. The Morgan fingerprint density at radius 3 is 2.42 bits per heavy atom. The summed E-state index contributed by atoms with van der Waals surface area (Å²) in [5, 5.41) is 11.2. The Labute approximate surface area is 111 Å². The lowest BCUT2D eigenvalue weighted by Crippen LogP contribution is -2.28. The lowest BCUT2D eigenvalue weighted by molar-refractivity contribution is -0.139. The van der Waals surface area contributed by atoms with Crippen molar-refractivity contribution in [3.05, 3.63) is 24.3 Å². The Balaban J connectivity index is 2.56. The highest BCUT2D eigenvalue weighted by atomic mass is 16.5. The van der Waals surface area contributed by atoms with Crippen LogP contribution < -0.4 is 10.1 Å². The van der Waals surface area contributed by atoms with Gasteiger partial charge in [-0.1, -0.05) is 6.92 Å². The summed E-state index contributed by atoms with van der Waals surface area (Å²) in [5.41, 5.74) is 0.600. The van der Waals surface area contributed by atoms with Gasteiger partial charge in [0.25, 0.3) is 5.91 Å². The lowest BCUT2D eigenvalue weighted by Gasteiger charge is -2.13. The van der Waals surface area contributed by atoms with Crippen LogP contribution in [0.4, 0.5) is 5.69 Å². The summed E-state index contributed by atoms with van der Waals surface area (Å²) < 4.78 is 10.0. The lowest BCUT2D eigenvalue weighted by atomic mass is 10.2. The molecule has 6 nitrogen and oxygen atoms in total. The molecular formula is C13H17NO5. The molecule has 0 aliphatic heterocycles. The minimum Gasteiger partial charge on any atom is -0.482 e. The zero-order valence-electron chi connectivity index (χ0n) is 10.9. The number of ether oxygens (including phenoxy) is 2. The van der Waals surface area contributed by atoms with Crippen molar-refractivity contribution in [1.29, 1.82) is 0 Å². The summed E-state index contributed by atoms with van der Waals surface area (Å²) in [6.07, 6.45) is 0.102. The summed E-state index contributed by atoms with van der Waals surface area (Å²) in [6.45, 7) is 1.46. The SMILES string of the molecule is CCC(OC)C(=O)Nc1ccc(OCC(=O)O)cc1. The average Bonchev–Trinajstić information content (AvgIpc) is 2.39. The number of hydrogen-bond donors (Lipinski definition) is 2. The van der Waals surface area contributed by atoms with Crippen LogP contribution in [0.2, 0.25) is 0 Å². The fourth-order valence-electron chi connectivity index (χ4n) is 1.46. The van der Waals surface area contributed by atoms with E-state index in [2.05, 4.69) is 5.32 Å². The molecule has 0 saturated carbocycles. The fraction of sp³-hybridized carbons (Fsp3) is 0.385. The number of carboxylic acids is 1. The van der Waals surface area contributed by atoms with E-state index in [-0.39, 0.29) is 5.91 Å². The predicted octanol–water partition coefficient (Wildman–Crippen LogP) is 1.51. The molecule has 104 valence electrons. The maximum absolute atomic E-state index is 11.7. The molecule has 1 amide bonds. The largest absolute Gasteiger partial charge is 0.482 e. The standard InChI is InChI=1S/C13H17NO5/c1-3-11(18-2)13(17)14-9-4-6-10(7-5-9)19-8-12(15)16/h4-7,11H,3,8H2,1-2H3,(H,14,17)(H,15,16). The molecule has 0 fully saturated rings. The molecule has 0 bridgehead atoms. The molecule has 1 atom stereocenters. The number of amides is 1. The number of anilines is 1. The highest BCUT2D eigenvalue weighted by molar-refractivity contribution is 5.94. The predicted molar refractivity (Wildman–Crippen MR) is 69.3 cm³/mol. The number of carboxylic acid groups (broad SMARTS) is 1. The second-order valence-corrected chi connectivity index (χ2v) is 3.83. The molecule has 19 heavy (non-hydrogen) atoms. The zero-order chi connectivity index (χ0) is 14.3. The number of methoxy groups -OCH3 is 1. The van der Waals surface area contributed by atoms with Crippen LogP contribution in [-0.4, -0.2) is 36.8 Å². The Morgan fingerprint density at radius 2 is 1.95 bits per heavy atom. The Kier molecular flexibility index (Phi) is 5.81. The Bertz CT molecular complexity index is 425. The van der Waals surface area contributed by atoms with Crippen LogP contribution in [0.3, 0.4) is 0 Å². The number of nitrogens with one attached hydrogen (secondary N) is 1. The van der Waals surface area contributed by atoms with E-state index in [1.165, 1.54) is 7.11 Å². The minimum absolute atomic E-state index is 0.218. The van der Waals surface area contributed by atoms with E-state index < -0.39 is 18.7 Å². The molecule has 1 aromatic rings. The van der Waals surface area contributed by atoms with E-state index in [0.717, 1.165) is 0 Å². The summed E-state index contributed by atoms with van der Waals surface area (Å²) in [5.74, 6) is -0.827. The molecular weight excluding hydrogens is 250 g/mol. The summed E-state index contributed by atoms with van der Waals surface area (Å²) in [6, 6.07) is 6.45. The topological polar surface area (TPSA) is 84.9 Å². The smallest absolute Gasteiger partial charge is 0.341 e. The van der Waals surface area contributed by atoms with Crippen LogP contribution >= 0.6 is 0 Å². The van der Waals surface area contributed by atoms with Gasteiger partial charge in [0.2, 0.25) is 0 Å². The first kappa shape index (κ1) is 15.0. The highest BCUT2D eigenvalue weighted by Crippen LogP contribution is 2.16.